The zero-order valence-corrected chi connectivity index (χ0v) is 10.0. The highest BCUT2D eigenvalue weighted by atomic mass is 19.1. The minimum Gasteiger partial charge on any atom is -0.314 e. The minimum atomic E-state index is -0.0873. The number of halogens is 1. The first-order chi connectivity index (χ1) is 7.66. The molecule has 0 radical (unpaired) electrons. The molecule has 2 nitrogen and oxygen atoms in total. The fraction of sp³-hybridized carbons (Fsp3) is 0.538. The van der Waals surface area contributed by atoms with Crippen LogP contribution >= 0.6 is 0 Å². The summed E-state index contributed by atoms with van der Waals surface area (Å²) in [5, 5.41) is 3.32. The SMILES string of the molecule is Cc1cc(C)c(CN2CCNCC2)cc1F. The molecular weight excluding hydrogens is 203 g/mol. The number of nitrogens with one attached hydrogen (secondary N) is 1. The van der Waals surface area contributed by atoms with Gasteiger partial charge in [-0.1, -0.05) is 6.07 Å². The van der Waals surface area contributed by atoms with Crippen molar-refractivity contribution in [2.24, 2.45) is 0 Å². The third-order valence-corrected chi connectivity index (χ3v) is 3.22. The second-order valence-corrected chi connectivity index (χ2v) is 4.55. The Kier molecular flexibility index (Phi) is 3.56. The van der Waals surface area contributed by atoms with Crippen LogP contribution in [0.15, 0.2) is 12.1 Å². The normalized spacial score (nSPS) is 17.7. The van der Waals surface area contributed by atoms with E-state index >= 15 is 0 Å². The summed E-state index contributed by atoms with van der Waals surface area (Å²) in [6.07, 6.45) is 0. The largest absolute Gasteiger partial charge is 0.314 e. The number of rotatable bonds is 2. The molecule has 2 rings (SSSR count). The monoisotopic (exact) mass is 222 g/mol. The van der Waals surface area contributed by atoms with E-state index in [-0.39, 0.29) is 5.82 Å². The van der Waals surface area contributed by atoms with Gasteiger partial charge in [0, 0.05) is 32.7 Å². The summed E-state index contributed by atoms with van der Waals surface area (Å²) in [7, 11) is 0. The third-order valence-electron chi connectivity index (χ3n) is 3.22. The van der Waals surface area contributed by atoms with Gasteiger partial charge in [-0.2, -0.15) is 0 Å². The lowest BCUT2D eigenvalue weighted by Crippen LogP contribution is -2.43. The lowest BCUT2D eigenvalue weighted by molar-refractivity contribution is 0.232. The maximum Gasteiger partial charge on any atom is 0.126 e. The Hall–Kier alpha value is -0.930. The molecule has 16 heavy (non-hydrogen) atoms. The lowest BCUT2D eigenvalue weighted by atomic mass is 10.0. The predicted molar refractivity (Wildman–Crippen MR) is 64.0 cm³/mol. The molecule has 1 aliphatic rings. The van der Waals surface area contributed by atoms with Crippen LogP contribution in [0.25, 0.3) is 0 Å². The van der Waals surface area contributed by atoms with Gasteiger partial charge in [-0.15, -0.1) is 0 Å². The number of nitrogens with zero attached hydrogens (tertiary/aromatic N) is 1. The van der Waals surface area contributed by atoms with Crippen LogP contribution in [0.2, 0.25) is 0 Å². The summed E-state index contributed by atoms with van der Waals surface area (Å²) in [5.74, 6) is -0.0873. The van der Waals surface area contributed by atoms with Crippen molar-refractivity contribution in [3.8, 4) is 0 Å². The molecule has 0 amide bonds. The number of benzene rings is 1. The molecule has 1 fully saturated rings. The van der Waals surface area contributed by atoms with E-state index in [4.69, 9.17) is 0 Å². The van der Waals surface area contributed by atoms with Gasteiger partial charge in [0.05, 0.1) is 0 Å². The van der Waals surface area contributed by atoms with E-state index in [1.807, 2.05) is 13.0 Å². The number of aryl methyl sites for hydroxylation is 2. The summed E-state index contributed by atoms with van der Waals surface area (Å²) in [6, 6.07) is 3.62. The topological polar surface area (TPSA) is 15.3 Å². The highest BCUT2D eigenvalue weighted by Gasteiger charge is 2.12. The molecule has 1 heterocycles. The zero-order valence-electron chi connectivity index (χ0n) is 10.0. The Morgan fingerprint density at radius 3 is 2.56 bits per heavy atom. The van der Waals surface area contributed by atoms with Gasteiger partial charge in [0.2, 0.25) is 0 Å². The summed E-state index contributed by atoms with van der Waals surface area (Å²) < 4.78 is 13.5. The van der Waals surface area contributed by atoms with Crippen LogP contribution < -0.4 is 5.32 Å². The van der Waals surface area contributed by atoms with E-state index in [2.05, 4.69) is 17.1 Å². The van der Waals surface area contributed by atoms with Crippen LogP contribution in [0.3, 0.4) is 0 Å². The molecule has 1 saturated heterocycles. The van der Waals surface area contributed by atoms with Crippen molar-refractivity contribution >= 4 is 0 Å². The van der Waals surface area contributed by atoms with Gasteiger partial charge in [-0.05, 0) is 36.6 Å². The summed E-state index contributed by atoms with van der Waals surface area (Å²) in [5.41, 5.74) is 3.05. The summed E-state index contributed by atoms with van der Waals surface area (Å²) in [4.78, 5) is 2.37. The van der Waals surface area contributed by atoms with E-state index in [0.29, 0.717) is 0 Å². The van der Waals surface area contributed by atoms with Crippen LogP contribution in [0.1, 0.15) is 16.7 Å². The van der Waals surface area contributed by atoms with Crippen LogP contribution in [0.5, 0.6) is 0 Å². The van der Waals surface area contributed by atoms with Crippen LogP contribution in [-0.4, -0.2) is 31.1 Å². The van der Waals surface area contributed by atoms with E-state index in [1.165, 1.54) is 5.56 Å². The lowest BCUT2D eigenvalue weighted by Gasteiger charge is -2.27. The molecule has 1 aromatic rings. The second kappa shape index (κ2) is 4.93. The quantitative estimate of drug-likeness (QED) is 0.821. The molecule has 88 valence electrons. The average Bonchev–Trinajstić information content (AvgIpc) is 2.27. The van der Waals surface area contributed by atoms with Crippen molar-refractivity contribution in [1.29, 1.82) is 0 Å². The van der Waals surface area contributed by atoms with Gasteiger partial charge in [0.1, 0.15) is 5.82 Å². The van der Waals surface area contributed by atoms with E-state index in [0.717, 1.165) is 43.9 Å². The molecular formula is C13H19FN2. The van der Waals surface area contributed by atoms with Gasteiger partial charge < -0.3 is 5.32 Å². The van der Waals surface area contributed by atoms with E-state index in [9.17, 15) is 4.39 Å². The highest BCUT2D eigenvalue weighted by molar-refractivity contribution is 5.31. The molecule has 0 saturated carbocycles. The Bertz CT molecular complexity index is 370. The van der Waals surface area contributed by atoms with Crippen molar-refractivity contribution in [1.82, 2.24) is 10.2 Å². The summed E-state index contributed by atoms with van der Waals surface area (Å²) >= 11 is 0. The molecule has 0 unspecified atom stereocenters. The first-order valence-electron chi connectivity index (χ1n) is 5.85. The van der Waals surface area contributed by atoms with E-state index < -0.39 is 0 Å². The van der Waals surface area contributed by atoms with Gasteiger partial charge in [-0.3, -0.25) is 4.90 Å². The third kappa shape index (κ3) is 2.60. The molecule has 1 aliphatic heterocycles. The average molecular weight is 222 g/mol. The van der Waals surface area contributed by atoms with Gasteiger partial charge in [0.25, 0.3) is 0 Å². The number of piperazine rings is 1. The van der Waals surface area contributed by atoms with Gasteiger partial charge >= 0.3 is 0 Å². The standard InChI is InChI=1S/C13H19FN2/c1-10-7-11(2)13(14)8-12(10)9-16-5-3-15-4-6-16/h7-8,15H,3-6,9H2,1-2H3. The van der Waals surface area contributed by atoms with Crippen molar-refractivity contribution < 1.29 is 4.39 Å². The molecule has 1 N–H and O–H groups in total. The molecule has 0 spiro atoms. The molecule has 0 aromatic heterocycles. The zero-order chi connectivity index (χ0) is 11.5. The fourth-order valence-electron chi connectivity index (χ4n) is 2.15. The highest BCUT2D eigenvalue weighted by Crippen LogP contribution is 2.16. The van der Waals surface area contributed by atoms with Crippen LogP contribution in [-0.2, 0) is 6.54 Å². The van der Waals surface area contributed by atoms with Crippen LogP contribution in [0, 0.1) is 19.7 Å². The van der Waals surface area contributed by atoms with Crippen molar-refractivity contribution in [3.63, 3.8) is 0 Å². The van der Waals surface area contributed by atoms with Gasteiger partial charge in [-0.25, -0.2) is 4.39 Å². The minimum absolute atomic E-state index is 0.0873. The van der Waals surface area contributed by atoms with E-state index in [1.54, 1.807) is 6.07 Å². The second-order valence-electron chi connectivity index (χ2n) is 4.55. The first-order valence-corrected chi connectivity index (χ1v) is 5.85. The Labute approximate surface area is 96.5 Å². The maximum absolute atomic E-state index is 13.5. The van der Waals surface area contributed by atoms with Crippen molar-refractivity contribution in [3.05, 3.63) is 34.6 Å². The Balaban J connectivity index is 2.11. The maximum atomic E-state index is 13.5. The molecule has 3 heteroatoms. The van der Waals surface area contributed by atoms with Gasteiger partial charge in [0.15, 0.2) is 0 Å². The Morgan fingerprint density at radius 2 is 1.88 bits per heavy atom. The first kappa shape index (κ1) is 11.6. The molecule has 0 bridgehead atoms. The van der Waals surface area contributed by atoms with Crippen molar-refractivity contribution in [2.45, 2.75) is 20.4 Å². The molecule has 0 atom stereocenters. The fourth-order valence-corrected chi connectivity index (χ4v) is 2.15. The predicted octanol–water partition coefficient (Wildman–Crippen LogP) is 1.85. The van der Waals surface area contributed by atoms with Crippen LogP contribution in [0.4, 0.5) is 4.39 Å². The number of hydrogen-bond acceptors (Lipinski definition) is 2. The smallest absolute Gasteiger partial charge is 0.126 e. The summed E-state index contributed by atoms with van der Waals surface area (Å²) in [6.45, 7) is 8.91. The number of hydrogen-bond donors (Lipinski definition) is 1. The Morgan fingerprint density at radius 1 is 1.19 bits per heavy atom. The van der Waals surface area contributed by atoms with Crippen molar-refractivity contribution in [2.75, 3.05) is 26.2 Å². The molecule has 1 aromatic carbocycles. The molecule has 0 aliphatic carbocycles.